The smallest absolute Gasteiger partial charge is 0.349 e. The van der Waals surface area contributed by atoms with Gasteiger partial charge in [-0.05, 0) is 47.2 Å². The van der Waals surface area contributed by atoms with Crippen molar-refractivity contribution < 1.29 is 32.7 Å². The zero-order chi connectivity index (χ0) is 27.1. The molecule has 0 amide bonds. The zero-order valence-corrected chi connectivity index (χ0v) is 21.9. The van der Waals surface area contributed by atoms with Crippen LogP contribution in [0.4, 0.5) is 0 Å². The van der Waals surface area contributed by atoms with Gasteiger partial charge in [-0.3, -0.25) is 4.79 Å². The fourth-order valence-electron chi connectivity index (χ4n) is 3.91. The number of carbonyl (C=O) groups is 2. The molecule has 0 saturated carbocycles. The van der Waals surface area contributed by atoms with Crippen molar-refractivity contribution in [3.63, 3.8) is 0 Å². The highest BCUT2D eigenvalue weighted by Crippen LogP contribution is 2.44. The van der Waals surface area contributed by atoms with Gasteiger partial charge in [-0.2, -0.15) is 0 Å². The van der Waals surface area contributed by atoms with Crippen LogP contribution in [0.3, 0.4) is 0 Å². The molecule has 4 aromatic rings. The molecule has 0 aliphatic carbocycles. The second kappa shape index (κ2) is 12.3. The molecule has 1 aromatic heterocycles. The van der Waals surface area contributed by atoms with Crippen LogP contribution in [-0.4, -0.2) is 46.9 Å². The lowest BCUT2D eigenvalue weighted by molar-refractivity contribution is -0.153. The van der Waals surface area contributed by atoms with Crippen LogP contribution in [0.5, 0.6) is 17.2 Å². The zero-order valence-electron chi connectivity index (χ0n) is 21.1. The highest BCUT2D eigenvalue weighted by Gasteiger charge is 2.22. The summed E-state index contributed by atoms with van der Waals surface area (Å²) < 4.78 is 34.8. The highest BCUT2D eigenvalue weighted by molar-refractivity contribution is 7.85. The van der Waals surface area contributed by atoms with E-state index >= 15 is 0 Å². The highest BCUT2D eigenvalue weighted by atomic mass is 32.2. The van der Waals surface area contributed by atoms with Crippen LogP contribution in [0.15, 0.2) is 77.0 Å². The number of nitrogens with zero attached hydrogens (tertiary/aromatic N) is 2. The predicted octanol–water partition coefficient (Wildman–Crippen LogP) is 4.07. The number of hydrogen-bond acceptors (Lipinski definition) is 9. The Hall–Kier alpha value is -4.31. The van der Waals surface area contributed by atoms with Crippen molar-refractivity contribution in [2.75, 3.05) is 20.8 Å². The molecule has 1 atom stereocenters. The third-order valence-electron chi connectivity index (χ3n) is 5.73. The van der Waals surface area contributed by atoms with Crippen molar-refractivity contribution in [1.82, 2.24) is 9.97 Å². The molecule has 3 aromatic carbocycles. The summed E-state index contributed by atoms with van der Waals surface area (Å²) in [5, 5.41) is 1.23. The van der Waals surface area contributed by atoms with Gasteiger partial charge in [0.25, 0.3) is 0 Å². The van der Waals surface area contributed by atoms with Crippen LogP contribution < -0.4 is 14.2 Å². The number of fused-ring (bicyclic) bond motifs is 1. The van der Waals surface area contributed by atoms with Crippen molar-refractivity contribution in [2.24, 2.45) is 0 Å². The second-order valence-electron chi connectivity index (χ2n) is 8.06. The number of aromatic nitrogens is 2. The van der Waals surface area contributed by atoms with E-state index in [2.05, 4.69) is 9.97 Å². The molecule has 0 aliphatic heterocycles. The summed E-state index contributed by atoms with van der Waals surface area (Å²) in [5.41, 5.74) is 1.88. The van der Waals surface area contributed by atoms with Crippen LogP contribution in [0.25, 0.3) is 10.8 Å². The van der Waals surface area contributed by atoms with Gasteiger partial charge in [-0.1, -0.05) is 37.3 Å². The van der Waals surface area contributed by atoms with E-state index in [0.29, 0.717) is 21.4 Å². The molecule has 1 heterocycles. The first kappa shape index (κ1) is 26.7. The van der Waals surface area contributed by atoms with Crippen molar-refractivity contribution >= 4 is 33.5 Å². The van der Waals surface area contributed by atoms with Crippen LogP contribution in [0.1, 0.15) is 18.1 Å². The summed E-state index contributed by atoms with van der Waals surface area (Å²) in [6.07, 6.45) is 3.83. The third kappa shape index (κ3) is 5.97. The van der Waals surface area contributed by atoms with Crippen LogP contribution in [0, 0.1) is 0 Å². The van der Waals surface area contributed by atoms with E-state index in [1.54, 1.807) is 30.3 Å². The average Bonchev–Trinajstić information content (AvgIpc) is 2.96. The summed E-state index contributed by atoms with van der Waals surface area (Å²) >= 11 is 0. The van der Waals surface area contributed by atoms with Gasteiger partial charge >= 0.3 is 11.9 Å². The van der Waals surface area contributed by atoms with Crippen LogP contribution >= 0.6 is 0 Å². The minimum Gasteiger partial charge on any atom is -0.493 e. The maximum absolute atomic E-state index is 13.0. The summed E-state index contributed by atoms with van der Waals surface area (Å²) in [6, 6.07) is 15.9. The van der Waals surface area contributed by atoms with Gasteiger partial charge in [0, 0.05) is 22.7 Å². The van der Waals surface area contributed by atoms with E-state index in [1.165, 1.54) is 26.6 Å². The van der Waals surface area contributed by atoms with Gasteiger partial charge in [-0.15, -0.1) is 0 Å². The predicted molar refractivity (Wildman–Crippen MR) is 140 cm³/mol. The fourth-order valence-corrected chi connectivity index (χ4v) is 4.85. The van der Waals surface area contributed by atoms with Crippen LogP contribution in [0.2, 0.25) is 0 Å². The van der Waals surface area contributed by atoms with E-state index in [1.807, 2.05) is 31.2 Å². The molecular weight excluding hydrogens is 508 g/mol. The topological polar surface area (TPSA) is 114 Å². The lowest BCUT2D eigenvalue weighted by Gasteiger charge is -2.16. The molecule has 1 unspecified atom stereocenters. The normalized spacial score (nSPS) is 11.6. The molecule has 9 nitrogen and oxygen atoms in total. The van der Waals surface area contributed by atoms with E-state index in [0.717, 1.165) is 17.5 Å². The quantitative estimate of drug-likeness (QED) is 0.169. The number of hydrogen-bond donors (Lipinski definition) is 0. The van der Waals surface area contributed by atoms with Gasteiger partial charge in [0.05, 0.1) is 20.6 Å². The van der Waals surface area contributed by atoms with Crippen molar-refractivity contribution in [3.8, 4) is 17.2 Å². The SMILES string of the molecule is CCc1ccccc1CC(=O)OCC(=O)Oc1c(OC)c(OC)cc2ccc(S(=O)c3ncccn3)cc12. The molecule has 0 bridgehead atoms. The minimum atomic E-state index is -1.68. The number of carbonyl (C=O) groups excluding carboxylic acids is 2. The first-order valence-electron chi connectivity index (χ1n) is 11.8. The Morgan fingerprint density at radius 1 is 0.868 bits per heavy atom. The lowest BCUT2D eigenvalue weighted by Crippen LogP contribution is -2.20. The molecule has 0 N–H and O–H groups in total. The first-order chi connectivity index (χ1) is 18.4. The monoisotopic (exact) mass is 534 g/mol. The Morgan fingerprint density at radius 2 is 1.61 bits per heavy atom. The number of ether oxygens (including phenoxy) is 4. The Balaban J connectivity index is 1.58. The van der Waals surface area contributed by atoms with Gasteiger partial charge in [-0.25, -0.2) is 19.0 Å². The largest absolute Gasteiger partial charge is 0.493 e. The molecule has 0 aliphatic rings. The van der Waals surface area contributed by atoms with E-state index < -0.39 is 29.3 Å². The fraction of sp³-hybridized carbons (Fsp3) is 0.214. The van der Waals surface area contributed by atoms with E-state index in [-0.39, 0.29) is 23.1 Å². The Labute approximate surface area is 222 Å². The Kier molecular flexibility index (Phi) is 8.65. The first-order valence-corrected chi connectivity index (χ1v) is 12.9. The number of esters is 2. The average molecular weight is 535 g/mol. The molecular formula is C28H26N2O7S. The number of aryl methyl sites for hydroxylation is 1. The molecule has 0 radical (unpaired) electrons. The Morgan fingerprint density at radius 3 is 2.29 bits per heavy atom. The Bertz CT molecular complexity index is 1490. The van der Waals surface area contributed by atoms with Gasteiger partial charge < -0.3 is 18.9 Å². The number of rotatable bonds is 10. The summed E-state index contributed by atoms with van der Waals surface area (Å²) in [7, 11) is 1.19. The molecule has 38 heavy (non-hydrogen) atoms. The minimum absolute atomic E-state index is 0.0411. The molecule has 10 heteroatoms. The van der Waals surface area contributed by atoms with Crippen LogP contribution in [-0.2, 0) is 38.0 Å². The summed E-state index contributed by atoms with van der Waals surface area (Å²) in [4.78, 5) is 33.7. The molecule has 0 spiro atoms. The summed E-state index contributed by atoms with van der Waals surface area (Å²) in [6.45, 7) is 1.40. The lowest BCUT2D eigenvalue weighted by atomic mass is 10.0. The molecule has 0 fully saturated rings. The van der Waals surface area contributed by atoms with Gasteiger partial charge in [0.15, 0.2) is 18.1 Å². The molecule has 0 saturated heterocycles. The number of methoxy groups -OCH3 is 2. The molecule has 4 rings (SSSR count). The van der Waals surface area contributed by atoms with E-state index in [4.69, 9.17) is 18.9 Å². The van der Waals surface area contributed by atoms with Crippen molar-refractivity contribution in [1.29, 1.82) is 0 Å². The number of benzene rings is 3. The summed E-state index contributed by atoms with van der Waals surface area (Å²) in [5.74, 6) is -0.822. The van der Waals surface area contributed by atoms with Gasteiger partial charge in [0.1, 0.15) is 10.8 Å². The van der Waals surface area contributed by atoms with Crippen molar-refractivity contribution in [2.45, 2.75) is 29.8 Å². The standard InChI is InChI=1S/C28H26N2O7S/c1-4-18-8-5-6-9-19(18)15-24(31)36-17-25(32)37-26-22-16-21(38(33)28-29-12-7-13-30-28)11-10-20(22)14-23(34-2)27(26)35-3/h5-14,16H,4,15,17H2,1-3H3. The van der Waals surface area contributed by atoms with Crippen molar-refractivity contribution in [3.05, 3.63) is 78.1 Å². The van der Waals surface area contributed by atoms with E-state index in [9.17, 15) is 13.8 Å². The molecule has 196 valence electrons. The third-order valence-corrected chi connectivity index (χ3v) is 6.96. The van der Waals surface area contributed by atoms with Gasteiger partial charge in [0.2, 0.25) is 10.9 Å². The second-order valence-corrected chi connectivity index (χ2v) is 9.43. The maximum atomic E-state index is 13.0. The maximum Gasteiger partial charge on any atom is 0.349 e.